The Labute approximate surface area is 118 Å². The summed E-state index contributed by atoms with van der Waals surface area (Å²) in [6.07, 6.45) is 6.13. The maximum absolute atomic E-state index is 5.89. The summed E-state index contributed by atoms with van der Waals surface area (Å²) in [4.78, 5) is 1.35. The summed E-state index contributed by atoms with van der Waals surface area (Å²) in [6.45, 7) is 2.16. The normalized spacial score (nSPS) is 12.6. The summed E-state index contributed by atoms with van der Waals surface area (Å²) in [7, 11) is 0. The van der Waals surface area contributed by atoms with Crippen LogP contribution in [0.3, 0.4) is 0 Å². The van der Waals surface area contributed by atoms with Crippen LogP contribution in [0.15, 0.2) is 33.6 Å². The monoisotopic (exact) mass is 315 g/mol. The molecule has 1 nitrogen and oxygen atoms in total. The molecule has 0 aliphatic heterocycles. The largest absolute Gasteiger partial charge is 0.328 e. The van der Waals surface area contributed by atoms with Gasteiger partial charge in [-0.2, -0.15) is 0 Å². The van der Waals surface area contributed by atoms with Crippen molar-refractivity contribution in [1.82, 2.24) is 0 Å². The van der Waals surface area contributed by atoms with E-state index in [2.05, 4.69) is 47.1 Å². The van der Waals surface area contributed by atoms with Gasteiger partial charge in [0.25, 0.3) is 0 Å². The highest BCUT2D eigenvalue weighted by atomic mass is 79.9. The molecule has 3 heteroatoms. The number of thioether (sulfide) groups is 1. The number of nitrogens with two attached hydrogens (primary N) is 1. The number of rotatable bonds is 8. The standard InChI is InChI=1S/C14H22BrNS/c1-2-12(16)8-4-3-7-11-17-14-10-6-5-9-13(14)15/h5-6,9-10,12H,2-4,7-8,11,16H2,1H3. The van der Waals surface area contributed by atoms with E-state index >= 15 is 0 Å². The summed E-state index contributed by atoms with van der Waals surface area (Å²) in [5, 5.41) is 0. The maximum atomic E-state index is 5.89. The van der Waals surface area contributed by atoms with Gasteiger partial charge in [0.1, 0.15) is 0 Å². The first-order valence-electron chi connectivity index (χ1n) is 6.37. The Hall–Kier alpha value is 0.01000. The molecule has 1 unspecified atom stereocenters. The molecule has 0 aliphatic rings. The van der Waals surface area contributed by atoms with E-state index in [-0.39, 0.29) is 0 Å². The Morgan fingerprint density at radius 2 is 2.00 bits per heavy atom. The second-order valence-electron chi connectivity index (χ2n) is 4.30. The van der Waals surface area contributed by atoms with Gasteiger partial charge in [-0.15, -0.1) is 11.8 Å². The number of unbranched alkanes of at least 4 members (excludes halogenated alkanes) is 2. The summed E-state index contributed by atoms with van der Waals surface area (Å²) in [5.74, 6) is 1.20. The first-order chi connectivity index (χ1) is 8.24. The lowest BCUT2D eigenvalue weighted by molar-refractivity contribution is 0.548. The summed E-state index contributed by atoms with van der Waals surface area (Å²) >= 11 is 5.50. The molecule has 0 heterocycles. The molecule has 17 heavy (non-hydrogen) atoms. The third-order valence-electron chi connectivity index (χ3n) is 2.84. The van der Waals surface area contributed by atoms with Crippen molar-refractivity contribution in [3.63, 3.8) is 0 Å². The zero-order chi connectivity index (χ0) is 12.5. The Balaban J connectivity index is 2.07. The zero-order valence-corrected chi connectivity index (χ0v) is 12.9. The molecule has 0 spiro atoms. The Kier molecular flexibility index (Phi) is 7.99. The molecule has 0 aromatic heterocycles. The van der Waals surface area contributed by atoms with E-state index in [9.17, 15) is 0 Å². The molecule has 2 N–H and O–H groups in total. The highest BCUT2D eigenvalue weighted by Crippen LogP contribution is 2.27. The van der Waals surface area contributed by atoms with Crippen molar-refractivity contribution in [1.29, 1.82) is 0 Å². The lowest BCUT2D eigenvalue weighted by atomic mass is 10.1. The molecule has 0 bridgehead atoms. The number of benzene rings is 1. The summed E-state index contributed by atoms with van der Waals surface area (Å²) in [6, 6.07) is 8.82. The smallest absolute Gasteiger partial charge is 0.0311 e. The van der Waals surface area contributed by atoms with Gasteiger partial charge in [0, 0.05) is 15.4 Å². The van der Waals surface area contributed by atoms with Crippen molar-refractivity contribution in [3.8, 4) is 0 Å². The predicted octanol–water partition coefficient (Wildman–Crippen LogP) is 4.84. The topological polar surface area (TPSA) is 26.0 Å². The van der Waals surface area contributed by atoms with Crippen molar-refractivity contribution in [2.24, 2.45) is 5.73 Å². The molecule has 1 atom stereocenters. The van der Waals surface area contributed by atoms with Crippen LogP contribution in [0.1, 0.15) is 39.0 Å². The fourth-order valence-corrected chi connectivity index (χ4v) is 3.21. The molecule has 0 fully saturated rings. The van der Waals surface area contributed by atoms with E-state index in [0.717, 1.165) is 6.42 Å². The molecule has 0 radical (unpaired) electrons. The minimum Gasteiger partial charge on any atom is -0.328 e. The van der Waals surface area contributed by atoms with Crippen molar-refractivity contribution in [2.45, 2.75) is 50.0 Å². The van der Waals surface area contributed by atoms with E-state index in [0.29, 0.717) is 6.04 Å². The number of halogens is 1. The molecular weight excluding hydrogens is 294 g/mol. The summed E-state index contributed by atoms with van der Waals surface area (Å²) in [5.41, 5.74) is 5.89. The van der Waals surface area contributed by atoms with Gasteiger partial charge in [-0.1, -0.05) is 31.9 Å². The van der Waals surface area contributed by atoms with Crippen LogP contribution in [-0.4, -0.2) is 11.8 Å². The van der Waals surface area contributed by atoms with Crippen molar-refractivity contribution < 1.29 is 0 Å². The number of hydrogen-bond donors (Lipinski definition) is 1. The average molecular weight is 316 g/mol. The van der Waals surface area contributed by atoms with Crippen LogP contribution in [0.25, 0.3) is 0 Å². The average Bonchev–Trinajstić information content (AvgIpc) is 2.35. The van der Waals surface area contributed by atoms with Crippen molar-refractivity contribution in [2.75, 3.05) is 5.75 Å². The lowest BCUT2D eigenvalue weighted by Gasteiger charge is -2.08. The molecule has 1 aromatic carbocycles. The van der Waals surface area contributed by atoms with Gasteiger partial charge in [0.05, 0.1) is 0 Å². The van der Waals surface area contributed by atoms with Gasteiger partial charge in [0.15, 0.2) is 0 Å². The fraction of sp³-hybridized carbons (Fsp3) is 0.571. The third-order valence-corrected chi connectivity index (χ3v) is 4.95. The second-order valence-corrected chi connectivity index (χ2v) is 6.29. The lowest BCUT2D eigenvalue weighted by Crippen LogP contribution is -2.17. The highest BCUT2D eigenvalue weighted by molar-refractivity contribution is 9.10. The molecule has 0 saturated heterocycles. The zero-order valence-electron chi connectivity index (χ0n) is 10.5. The van der Waals surface area contributed by atoms with Gasteiger partial charge in [0.2, 0.25) is 0 Å². The molecule has 0 saturated carbocycles. The second kappa shape index (κ2) is 9.01. The molecule has 1 rings (SSSR count). The Bertz CT molecular complexity index is 317. The van der Waals surface area contributed by atoms with Crippen LogP contribution >= 0.6 is 27.7 Å². The predicted molar refractivity (Wildman–Crippen MR) is 81.6 cm³/mol. The Morgan fingerprint density at radius 1 is 1.24 bits per heavy atom. The van der Waals surface area contributed by atoms with Gasteiger partial charge < -0.3 is 5.73 Å². The van der Waals surface area contributed by atoms with E-state index in [1.54, 1.807) is 0 Å². The van der Waals surface area contributed by atoms with E-state index in [4.69, 9.17) is 5.73 Å². The number of hydrogen-bond acceptors (Lipinski definition) is 2. The SMILES string of the molecule is CCC(N)CCCCCSc1ccccc1Br. The van der Waals surface area contributed by atoms with Gasteiger partial charge in [-0.25, -0.2) is 0 Å². The molecule has 0 amide bonds. The first-order valence-corrected chi connectivity index (χ1v) is 8.14. The third kappa shape index (κ3) is 6.49. The quantitative estimate of drug-likeness (QED) is 0.548. The van der Waals surface area contributed by atoms with Crippen LogP contribution in [0.4, 0.5) is 0 Å². The molecular formula is C14H22BrNS. The van der Waals surface area contributed by atoms with E-state index in [1.807, 2.05) is 11.8 Å². The van der Waals surface area contributed by atoms with Crippen LogP contribution in [0.2, 0.25) is 0 Å². The van der Waals surface area contributed by atoms with Crippen LogP contribution in [0, 0.1) is 0 Å². The first kappa shape index (κ1) is 15.1. The highest BCUT2D eigenvalue weighted by Gasteiger charge is 2.00. The van der Waals surface area contributed by atoms with Gasteiger partial charge in [-0.05, 0) is 53.1 Å². The summed E-state index contributed by atoms with van der Waals surface area (Å²) < 4.78 is 1.21. The van der Waals surface area contributed by atoms with Crippen molar-refractivity contribution >= 4 is 27.7 Å². The van der Waals surface area contributed by atoms with Crippen molar-refractivity contribution in [3.05, 3.63) is 28.7 Å². The van der Waals surface area contributed by atoms with Crippen LogP contribution < -0.4 is 5.73 Å². The van der Waals surface area contributed by atoms with Gasteiger partial charge in [-0.3, -0.25) is 0 Å². The fourth-order valence-electron chi connectivity index (χ4n) is 1.63. The van der Waals surface area contributed by atoms with E-state index in [1.165, 1.54) is 40.8 Å². The van der Waals surface area contributed by atoms with E-state index < -0.39 is 0 Å². The minimum atomic E-state index is 0.408. The molecule has 96 valence electrons. The molecule has 1 aromatic rings. The minimum absolute atomic E-state index is 0.408. The van der Waals surface area contributed by atoms with Crippen LogP contribution in [0.5, 0.6) is 0 Å². The van der Waals surface area contributed by atoms with Crippen LogP contribution in [-0.2, 0) is 0 Å². The molecule has 0 aliphatic carbocycles. The van der Waals surface area contributed by atoms with Gasteiger partial charge >= 0.3 is 0 Å². The Morgan fingerprint density at radius 3 is 2.71 bits per heavy atom. The maximum Gasteiger partial charge on any atom is 0.0311 e.